The normalized spacial score (nSPS) is 17.2. The lowest BCUT2D eigenvalue weighted by Gasteiger charge is -2.22. The van der Waals surface area contributed by atoms with Gasteiger partial charge >= 0.3 is 0 Å². The standard InChI is InChI=1S/C14H16N2OS/c15-10-11(9-13-7-4-8-18-13)14(17)16-12-5-2-1-3-6-12/h4,7-9,12H,1-3,5-6H2,(H,16,17)/b11-9+. The molecule has 18 heavy (non-hydrogen) atoms. The largest absolute Gasteiger partial charge is 0.349 e. The number of amides is 1. The molecule has 1 saturated carbocycles. The monoisotopic (exact) mass is 260 g/mol. The molecule has 1 heterocycles. The molecule has 1 N–H and O–H groups in total. The van der Waals surface area contributed by atoms with Crippen LogP contribution < -0.4 is 5.32 Å². The lowest BCUT2D eigenvalue weighted by Crippen LogP contribution is -2.36. The Labute approximate surface area is 111 Å². The Bertz CT molecular complexity index is 464. The molecule has 0 aliphatic heterocycles. The molecule has 1 fully saturated rings. The van der Waals surface area contributed by atoms with E-state index < -0.39 is 0 Å². The first-order chi connectivity index (χ1) is 8.79. The number of rotatable bonds is 3. The maximum Gasteiger partial charge on any atom is 0.262 e. The fourth-order valence-electron chi connectivity index (χ4n) is 2.17. The van der Waals surface area contributed by atoms with Gasteiger partial charge in [0.1, 0.15) is 11.6 Å². The summed E-state index contributed by atoms with van der Waals surface area (Å²) in [6.45, 7) is 0. The first-order valence-corrected chi connectivity index (χ1v) is 7.14. The van der Waals surface area contributed by atoms with Gasteiger partial charge in [-0.15, -0.1) is 11.3 Å². The first kappa shape index (κ1) is 12.8. The SMILES string of the molecule is N#C/C(=C\c1cccs1)C(=O)NC1CCCCC1. The highest BCUT2D eigenvalue weighted by molar-refractivity contribution is 7.10. The van der Waals surface area contributed by atoms with Crippen LogP contribution in [0.5, 0.6) is 0 Å². The summed E-state index contributed by atoms with van der Waals surface area (Å²) < 4.78 is 0. The van der Waals surface area contributed by atoms with Gasteiger partial charge in [-0.2, -0.15) is 5.26 Å². The van der Waals surface area contributed by atoms with Crippen LogP contribution in [0.3, 0.4) is 0 Å². The van der Waals surface area contributed by atoms with Gasteiger partial charge in [-0.25, -0.2) is 0 Å². The van der Waals surface area contributed by atoms with Crippen LogP contribution in [-0.2, 0) is 4.79 Å². The Balaban J connectivity index is 2.00. The molecule has 0 radical (unpaired) electrons. The van der Waals surface area contributed by atoms with Crippen LogP contribution >= 0.6 is 11.3 Å². The number of nitrogens with one attached hydrogen (secondary N) is 1. The molecule has 1 aliphatic carbocycles. The van der Waals surface area contributed by atoms with Gasteiger partial charge < -0.3 is 5.32 Å². The first-order valence-electron chi connectivity index (χ1n) is 6.26. The summed E-state index contributed by atoms with van der Waals surface area (Å²) in [6, 6.07) is 6.03. The zero-order valence-corrected chi connectivity index (χ0v) is 11.0. The van der Waals surface area contributed by atoms with E-state index in [0.717, 1.165) is 17.7 Å². The van der Waals surface area contributed by atoms with E-state index in [2.05, 4.69) is 5.32 Å². The summed E-state index contributed by atoms with van der Waals surface area (Å²) in [5.41, 5.74) is 0.197. The van der Waals surface area contributed by atoms with Crippen molar-refractivity contribution in [2.45, 2.75) is 38.1 Å². The number of nitriles is 1. The highest BCUT2D eigenvalue weighted by atomic mass is 32.1. The van der Waals surface area contributed by atoms with E-state index in [1.54, 1.807) is 6.08 Å². The molecule has 3 nitrogen and oxygen atoms in total. The van der Waals surface area contributed by atoms with Crippen LogP contribution in [0.25, 0.3) is 6.08 Å². The smallest absolute Gasteiger partial charge is 0.262 e. The number of hydrogen-bond donors (Lipinski definition) is 1. The molecule has 4 heteroatoms. The van der Waals surface area contributed by atoms with E-state index in [9.17, 15) is 4.79 Å². The van der Waals surface area contributed by atoms with E-state index in [1.807, 2.05) is 23.6 Å². The van der Waals surface area contributed by atoms with Crippen LogP contribution in [0.15, 0.2) is 23.1 Å². The fourth-order valence-corrected chi connectivity index (χ4v) is 2.83. The molecular weight excluding hydrogens is 244 g/mol. The molecule has 1 aromatic rings. The van der Waals surface area contributed by atoms with Crippen molar-refractivity contribution in [1.82, 2.24) is 5.32 Å². The third-order valence-electron chi connectivity index (χ3n) is 3.14. The maximum absolute atomic E-state index is 12.0. The van der Waals surface area contributed by atoms with Gasteiger partial charge in [0.2, 0.25) is 0 Å². The second-order valence-corrected chi connectivity index (χ2v) is 5.47. The summed E-state index contributed by atoms with van der Waals surface area (Å²) in [5, 5.41) is 13.9. The maximum atomic E-state index is 12.0. The Morgan fingerprint density at radius 2 is 2.22 bits per heavy atom. The molecule has 0 atom stereocenters. The average Bonchev–Trinajstić information content (AvgIpc) is 2.90. The highest BCUT2D eigenvalue weighted by Crippen LogP contribution is 2.18. The van der Waals surface area contributed by atoms with Gasteiger partial charge in [-0.3, -0.25) is 4.79 Å². The average molecular weight is 260 g/mol. The summed E-state index contributed by atoms with van der Waals surface area (Å²) in [5.74, 6) is -0.238. The van der Waals surface area contributed by atoms with Crippen LogP contribution in [0.1, 0.15) is 37.0 Å². The molecule has 0 spiro atoms. The lowest BCUT2D eigenvalue weighted by molar-refractivity contribution is -0.117. The highest BCUT2D eigenvalue weighted by Gasteiger charge is 2.17. The zero-order chi connectivity index (χ0) is 12.8. The minimum Gasteiger partial charge on any atom is -0.349 e. The van der Waals surface area contributed by atoms with Crippen molar-refractivity contribution < 1.29 is 4.79 Å². The Hall–Kier alpha value is -1.60. The van der Waals surface area contributed by atoms with Crippen molar-refractivity contribution in [2.24, 2.45) is 0 Å². The van der Waals surface area contributed by atoms with Gasteiger partial charge in [-0.1, -0.05) is 25.3 Å². The third kappa shape index (κ3) is 3.44. The molecule has 0 bridgehead atoms. The molecule has 2 rings (SSSR count). The van der Waals surface area contributed by atoms with Crippen molar-refractivity contribution in [3.63, 3.8) is 0 Å². The van der Waals surface area contributed by atoms with Crippen LogP contribution in [0.2, 0.25) is 0 Å². The molecule has 0 saturated heterocycles. The van der Waals surface area contributed by atoms with Crippen LogP contribution in [-0.4, -0.2) is 11.9 Å². The third-order valence-corrected chi connectivity index (χ3v) is 3.95. The Morgan fingerprint density at radius 1 is 1.44 bits per heavy atom. The molecule has 0 aromatic carbocycles. The molecule has 1 amide bonds. The van der Waals surface area contributed by atoms with Gasteiger partial charge in [0.15, 0.2) is 0 Å². The predicted octanol–water partition coefficient (Wildman–Crippen LogP) is 3.10. The Morgan fingerprint density at radius 3 is 2.83 bits per heavy atom. The van der Waals surface area contributed by atoms with E-state index in [-0.39, 0.29) is 17.5 Å². The second kappa shape index (κ2) is 6.36. The number of thiophene rings is 1. The zero-order valence-electron chi connectivity index (χ0n) is 10.2. The summed E-state index contributed by atoms with van der Waals surface area (Å²) in [6.07, 6.45) is 7.31. The topological polar surface area (TPSA) is 52.9 Å². The number of nitrogens with zero attached hydrogens (tertiary/aromatic N) is 1. The minimum atomic E-state index is -0.238. The van der Waals surface area contributed by atoms with Gasteiger partial charge in [-0.05, 0) is 30.4 Å². The molecular formula is C14H16N2OS. The fraction of sp³-hybridized carbons (Fsp3) is 0.429. The Kier molecular flexibility index (Phi) is 4.54. The van der Waals surface area contributed by atoms with Crippen molar-refractivity contribution in [2.75, 3.05) is 0 Å². The number of hydrogen-bond acceptors (Lipinski definition) is 3. The molecule has 0 unspecified atom stereocenters. The second-order valence-electron chi connectivity index (χ2n) is 4.49. The quantitative estimate of drug-likeness (QED) is 0.670. The van der Waals surface area contributed by atoms with Crippen LogP contribution in [0, 0.1) is 11.3 Å². The van der Waals surface area contributed by atoms with E-state index >= 15 is 0 Å². The van der Waals surface area contributed by atoms with Gasteiger partial charge in [0.05, 0.1) is 0 Å². The van der Waals surface area contributed by atoms with Gasteiger partial charge in [0, 0.05) is 10.9 Å². The van der Waals surface area contributed by atoms with E-state index in [4.69, 9.17) is 5.26 Å². The van der Waals surface area contributed by atoms with Crippen molar-refractivity contribution in [1.29, 1.82) is 5.26 Å². The summed E-state index contributed by atoms with van der Waals surface area (Å²) in [4.78, 5) is 12.9. The van der Waals surface area contributed by atoms with Crippen molar-refractivity contribution in [3.05, 3.63) is 28.0 Å². The summed E-state index contributed by atoms with van der Waals surface area (Å²) in [7, 11) is 0. The van der Waals surface area contributed by atoms with E-state index in [1.165, 1.54) is 30.6 Å². The molecule has 1 aromatic heterocycles. The van der Waals surface area contributed by atoms with Gasteiger partial charge in [0.25, 0.3) is 5.91 Å². The lowest BCUT2D eigenvalue weighted by atomic mass is 9.95. The van der Waals surface area contributed by atoms with Crippen LogP contribution in [0.4, 0.5) is 0 Å². The minimum absolute atomic E-state index is 0.197. The number of carbonyl (C=O) groups excluding carboxylic acids is 1. The van der Waals surface area contributed by atoms with Crippen molar-refractivity contribution in [3.8, 4) is 6.07 Å². The van der Waals surface area contributed by atoms with E-state index in [0.29, 0.717) is 0 Å². The summed E-state index contributed by atoms with van der Waals surface area (Å²) >= 11 is 1.52. The molecule has 1 aliphatic rings. The van der Waals surface area contributed by atoms with Crippen molar-refractivity contribution >= 4 is 23.3 Å². The molecule has 94 valence electrons. The number of carbonyl (C=O) groups is 1. The predicted molar refractivity (Wildman–Crippen MR) is 72.9 cm³/mol.